The molecule has 9 heteroatoms. The normalized spacial score (nSPS) is 16.6. The number of nitrogens with zero attached hydrogens (tertiary/aromatic N) is 1. The van der Waals surface area contributed by atoms with Gasteiger partial charge in [-0.2, -0.15) is 0 Å². The fourth-order valence-corrected chi connectivity index (χ4v) is 5.45. The number of amides is 1. The first-order chi connectivity index (χ1) is 18.8. The SMILES string of the molecule is CCOc1cc(C2/C(=C(\O)c3cc(Cl)cc(Cl)c3OC)C(=O)C(=O)N2c2cccc3ccccc23)ccc1O. The van der Waals surface area contributed by atoms with Gasteiger partial charge in [0.15, 0.2) is 11.5 Å². The largest absolute Gasteiger partial charge is 0.507 e. The number of Topliss-reactive ketones (excluding diaryl/α,β-unsaturated/α-hetero) is 1. The number of anilines is 1. The van der Waals surface area contributed by atoms with Crippen LogP contribution >= 0.6 is 23.2 Å². The number of carbonyl (C=O) groups excluding carboxylic acids is 2. The number of hydrogen-bond acceptors (Lipinski definition) is 6. The first-order valence-electron chi connectivity index (χ1n) is 12.0. The van der Waals surface area contributed by atoms with E-state index in [-0.39, 0.29) is 45.0 Å². The Morgan fingerprint density at radius 3 is 2.49 bits per heavy atom. The van der Waals surface area contributed by atoms with Gasteiger partial charge in [0.2, 0.25) is 0 Å². The smallest absolute Gasteiger partial charge is 0.300 e. The molecule has 0 spiro atoms. The Morgan fingerprint density at radius 2 is 1.74 bits per heavy atom. The molecule has 0 aliphatic carbocycles. The second-order valence-corrected chi connectivity index (χ2v) is 9.64. The van der Waals surface area contributed by atoms with Crippen molar-refractivity contribution in [2.45, 2.75) is 13.0 Å². The quantitative estimate of drug-likeness (QED) is 0.151. The molecule has 198 valence electrons. The van der Waals surface area contributed by atoms with Crippen LogP contribution < -0.4 is 14.4 Å². The molecule has 0 radical (unpaired) electrons. The molecule has 39 heavy (non-hydrogen) atoms. The highest BCUT2D eigenvalue weighted by atomic mass is 35.5. The number of aromatic hydroxyl groups is 1. The van der Waals surface area contributed by atoms with Gasteiger partial charge in [-0.25, -0.2) is 0 Å². The molecule has 2 N–H and O–H groups in total. The van der Waals surface area contributed by atoms with E-state index in [1.807, 2.05) is 30.3 Å². The van der Waals surface area contributed by atoms with Gasteiger partial charge in [-0.05, 0) is 48.2 Å². The summed E-state index contributed by atoms with van der Waals surface area (Å²) in [5.74, 6) is -2.10. The van der Waals surface area contributed by atoms with Crippen LogP contribution in [0.2, 0.25) is 10.0 Å². The lowest BCUT2D eigenvalue weighted by molar-refractivity contribution is -0.132. The van der Waals surface area contributed by atoms with Crippen molar-refractivity contribution in [1.82, 2.24) is 0 Å². The van der Waals surface area contributed by atoms with Crippen molar-refractivity contribution < 1.29 is 29.3 Å². The zero-order chi connectivity index (χ0) is 27.8. The van der Waals surface area contributed by atoms with Crippen LogP contribution in [-0.4, -0.2) is 35.6 Å². The van der Waals surface area contributed by atoms with Gasteiger partial charge in [0, 0.05) is 10.4 Å². The van der Waals surface area contributed by atoms with Crippen LogP contribution in [0.25, 0.3) is 16.5 Å². The molecule has 4 aromatic rings. The molecule has 0 bridgehead atoms. The van der Waals surface area contributed by atoms with Gasteiger partial charge in [-0.3, -0.25) is 14.5 Å². The maximum atomic E-state index is 13.7. The average molecular weight is 564 g/mol. The molecule has 0 aromatic heterocycles. The molecule has 1 amide bonds. The van der Waals surface area contributed by atoms with Gasteiger partial charge in [0.25, 0.3) is 11.7 Å². The van der Waals surface area contributed by atoms with Crippen molar-refractivity contribution in [3.63, 3.8) is 0 Å². The van der Waals surface area contributed by atoms with Crippen LogP contribution in [0.1, 0.15) is 24.1 Å². The zero-order valence-electron chi connectivity index (χ0n) is 20.9. The van der Waals surface area contributed by atoms with Crippen LogP contribution in [0.3, 0.4) is 0 Å². The first-order valence-corrected chi connectivity index (χ1v) is 12.8. The van der Waals surface area contributed by atoms with E-state index in [0.29, 0.717) is 11.3 Å². The maximum absolute atomic E-state index is 13.7. The Balaban J connectivity index is 1.83. The number of benzene rings is 4. The third-order valence-electron chi connectivity index (χ3n) is 6.54. The van der Waals surface area contributed by atoms with E-state index < -0.39 is 23.5 Å². The third-order valence-corrected chi connectivity index (χ3v) is 7.04. The van der Waals surface area contributed by atoms with E-state index in [1.54, 1.807) is 31.2 Å². The Hall–Kier alpha value is -4.20. The number of rotatable bonds is 6. The highest BCUT2D eigenvalue weighted by Gasteiger charge is 2.48. The molecule has 1 fully saturated rings. The molecule has 0 saturated carbocycles. The molecule has 1 heterocycles. The highest BCUT2D eigenvalue weighted by Crippen LogP contribution is 2.47. The first kappa shape index (κ1) is 26.4. The minimum Gasteiger partial charge on any atom is -0.507 e. The lowest BCUT2D eigenvalue weighted by Gasteiger charge is -2.27. The van der Waals surface area contributed by atoms with E-state index in [4.69, 9.17) is 32.7 Å². The minimum absolute atomic E-state index is 0.0553. The molecule has 1 unspecified atom stereocenters. The second kappa shape index (κ2) is 10.5. The van der Waals surface area contributed by atoms with Gasteiger partial charge < -0.3 is 19.7 Å². The number of ketones is 1. The van der Waals surface area contributed by atoms with Gasteiger partial charge in [-0.1, -0.05) is 65.7 Å². The number of aliphatic hydroxyl groups is 1. The zero-order valence-corrected chi connectivity index (χ0v) is 22.5. The lowest BCUT2D eigenvalue weighted by Crippen LogP contribution is -2.29. The molecule has 1 atom stereocenters. The lowest BCUT2D eigenvalue weighted by atomic mass is 9.94. The average Bonchev–Trinajstić information content (AvgIpc) is 3.18. The number of hydrogen-bond donors (Lipinski definition) is 2. The monoisotopic (exact) mass is 563 g/mol. The molecule has 1 aliphatic rings. The molecule has 1 aliphatic heterocycles. The summed E-state index contributed by atoms with van der Waals surface area (Å²) in [4.78, 5) is 28.7. The summed E-state index contributed by atoms with van der Waals surface area (Å²) in [5.41, 5.74) is 0.760. The molecule has 7 nitrogen and oxygen atoms in total. The number of phenols is 1. The maximum Gasteiger partial charge on any atom is 0.300 e. The van der Waals surface area contributed by atoms with Crippen LogP contribution in [0.4, 0.5) is 5.69 Å². The van der Waals surface area contributed by atoms with E-state index in [2.05, 4.69) is 0 Å². The molecular weight excluding hydrogens is 541 g/mol. The predicted molar refractivity (Wildman–Crippen MR) is 151 cm³/mol. The Kier molecular flexibility index (Phi) is 7.12. The number of ether oxygens (including phenoxy) is 2. The van der Waals surface area contributed by atoms with Crippen molar-refractivity contribution in [2.24, 2.45) is 0 Å². The summed E-state index contributed by atoms with van der Waals surface area (Å²) >= 11 is 12.5. The molecule has 1 saturated heterocycles. The van der Waals surface area contributed by atoms with Gasteiger partial charge >= 0.3 is 0 Å². The summed E-state index contributed by atoms with van der Waals surface area (Å²) < 4.78 is 11.0. The summed E-state index contributed by atoms with van der Waals surface area (Å²) in [5, 5.41) is 23.9. The van der Waals surface area contributed by atoms with Crippen LogP contribution in [0, 0.1) is 0 Å². The van der Waals surface area contributed by atoms with Crippen LogP contribution in [0.5, 0.6) is 17.2 Å². The van der Waals surface area contributed by atoms with Crippen molar-refractivity contribution in [1.29, 1.82) is 0 Å². The number of carbonyl (C=O) groups is 2. The Morgan fingerprint density at radius 1 is 1.00 bits per heavy atom. The predicted octanol–water partition coefficient (Wildman–Crippen LogP) is 6.89. The van der Waals surface area contributed by atoms with E-state index in [0.717, 1.165) is 10.8 Å². The van der Waals surface area contributed by atoms with Gasteiger partial charge in [-0.15, -0.1) is 0 Å². The number of methoxy groups -OCH3 is 1. The summed E-state index contributed by atoms with van der Waals surface area (Å²) in [7, 11) is 1.37. The van der Waals surface area contributed by atoms with E-state index in [9.17, 15) is 19.8 Å². The van der Waals surface area contributed by atoms with Crippen molar-refractivity contribution >= 4 is 57.1 Å². The summed E-state index contributed by atoms with van der Waals surface area (Å²) in [6, 6.07) is 19.2. The number of fused-ring (bicyclic) bond motifs is 1. The van der Waals surface area contributed by atoms with Crippen molar-refractivity contribution in [3.05, 3.63) is 99.5 Å². The Bertz CT molecular complexity index is 1660. The molecule has 4 aromatic carbocycles. The number of aliphatic hydroxyl groups excluding tert-OH is 1. The van der Waals surface area contributed by atoms with Gasteiger partial charge in [0.1, 0.15) is 11.5 Å². The summed E-state index contributed by atoms with van der Waals surface area (Å²) in [6.07, 6.45) is 0. The van der Waals surface area contributed by atoms with Crippen LogP contribution in [0.15, 0.2) is 78.4 Å². The van der Waals surface area contributed by atoms with Crippen molar-refractivity contribution in [2.75, 3.05) is 18.6 Å². The van der Waals surface area contributed by atoms with E-state index >= 15 is 0 Å². The third kappa shape index (κ3) is 4.54. The molecular formula is C30H23Cl2NO6. The number of phenolic OH excluding ortho intramolecular Hbond substituents is 1. The summed E-state index contributed by atoms with van der Waals surface area (Å²) in [6.45, 7) is 2.04. The fourth-order valence-electron chi connectivity index (χ4n) is 4.88. The topological polar surface area (TPSA) is 96.3 Å². The standard InChI is InChI=1S/C30H23Cl2NO6/c1-3-39-24-13-17(11-12-23(24)34)26-25(27(35)20-14-18(31)15-21(32)29(20)38-2)28(36)30(37)33(26)22-10-6-8-16-7-4-5-9-19(16)22/h4-15,26,34-35H,3H2,1-2H3/b27-25+. The molecule has 5 rings (SSSR count). The Labute approximate surface area is 234 Å². The van der Waals surface area contributed by atoms with Crippen LogP contribution in [-0.2, 0) is 9.59 Å². The van der Waals surface area contributed by atoms with Crippen molar-refractivity contribution in [3.8, 4) is 17.2 Å². The number of halogens is 2. The fraction of sp³-hybridized carbons (Fsp3) is 0.133. The van der Waals surface area contributed by atoms with E-state index in [1.165, 1.54) is 30.2 Å². The minimum atomic E-state index is -1.09. The van der Waals surface area contributed by atoms with Gasteiger partial charge in [0.05, 0.1) is 41.6 Å². The second-order valence-electron chi connectivity index (χ2n) is 8.80. The highest BCUT2D eigenvalue weighted by molar-refractivity contribution is 6.52.